The van der Waals surface area contributed by atoms with Gasteiger partial charge in [0.25, 0.3) is 0 Å². The summed E-state index contributed by atoms with van der Waals surface area (Å²) in [5.74, 6) is 5.64. The molecule has 0 aromatic carbocycles. The van der Waals surface area contributed by atoms with E-state index in [4.69, 9.17) is 18.1 Å². The van der Waals surface area contributed by atoms with Gasteiger partial charge in [-0.3, -0.25) is 9.59 Å². The largest absolute Gasteiger partial charge is 0.361 e. The van der Waals surface area contributed by atoms with Crippen molar-refractivity contribution in [2.75, 3.05) is 0 Å². The molecule has 8 rings (SSSR count). The molecule has 10 nitrogen and oxygen atoms in total. The predicted octanol–water partition coefficient (Wildman–Crippen LogP) is 9.23. The lowest BCUT2D eigenvalue weighted by Gasteiger charge is -1.87. The summed E-state index contributed by atoms with van der Waals surface area (Å²) in [6.07, 6.45) is 11.3. The molecular formula is C31H38Br2N4O6. The molecule has 0 aliphatic heterocycles. The van der Waals surface area contributed by atoms with Crippen molar-refractivity contribution in [2.45, 2.75) is 110 Å². The fourth-order valence-electron chi connectivity index (χ4n) is 4.33. The monoisotopic (exact) mass is 720 g/mol. The van der Waals surface area contributed by atoms with E-state index < -0.39 is 0 Å². The molecule has 0 radical (unpaired) electrons. The van der Waals surface area contributed by atoms with E-state index in [1.54, 1.807) is 13.8 Å². The molecule has 232 valence electrons. The van der Waals surface area contributed by atoms with Crippen LogP contribution in [0.15, 0.2) is 27.0 Å². The number of aromatic nitrogens is 4. The average Bonchev–Trinajstić information content (AvgIpc) is 3.82. The van der Waals surface area contributed by atoms with Gasteiger partial charge in [-0.05, 0) is 111 Å². The summed E-state index contributed by atoms with van der Waals surface area (Å²) in [7, 11) is 0. The zero-order valence-electron chi connectivity index (χ0n) is 24.1. The van der Waals surface area contributed by atoms with Crippen LogP contribution in [0.3, 0.4) is 0 Å². The maximum absolute atomic E-state index is 10.5. The van der Waals surface area contributed by atoms with Crippen molar-refractivity contribution in [2.24, 2.45) is 0 Å². The number of hydrogen-bond acceptors (Lipinski definition) is 10. The van der Waals surface area contributed by atoms with E-state index in [0.717, 1.165) is 81.6 Å². The van der Waals surface area contributed by atoms with Gasteiger partial charge < -0.3 is 18.1 Å². The number of aldehydes is 2. The summed E-state index contributed by atoms with van der Waals surface area (Å²) in [6.45, 7) is 7.42. The topological polar surface area (TPSA) is 138 Å². The Hall–Kier alpha value is -2.86. The van der Waals surface area contributed by atoms with Crippen LogP contribution in [0, 0.1) is 27.7 Å². The highest BCUT2D eigenvalue weighted by atomic mass is 79.9. The lowest BCUT2D eigenvalue weighted by molar-refractivity contribution is 0.111. The summed E-state index contributed by atoms with van der Waals surface area (Å²) in [5.41, 5.74) is 4.96. The molecule has 0 spiro atoms. The number of carbonyl (C=O) groups excluding carboxylic acids is 2. The van der Waals surface area contributed by atoms with E-state index in [-0.39, 0.29) is 7.43 Å². The first kappa shape index (κ1) is 33.0. The minimum absolute atomic E-state index is 0. The SMILES string of the molecule is C.Cc1noc(C2CC2)c1Br.Cc1noc(C2CC2)c1C=O.Cc1onc(C2CC2)c1Br.Cc1onc(C2CC2)c1C=O. The first-order chi connectivity index (χ1) is 20.2. The van der Waals surface area contributed by atoms with Gasteiger partial charge in [0, 0.05) is 23.7 Å². The van der Waals surface area contributed by atoms with Gasteiger partial charge in [0.1, 0.15) is 17.2 Å². The number of aryl methyl sites for hydroxylation is 4. The molecule has 0 amide bonds. The van der Waals surface area contributed by atoms with Crippen molar-refractivity contribution in [3.05, 3.63) is 65.9 Å². The standard InChI is InChI=1S/2C8H9NO2.2C7H8BrNO.CH4/c1-5-7(4-10)8(9-11-5)6-2-3-6;1-5-7(4-10)8(11-9-5)6-2-3-6;1-4-6(8)7(9-10-4)5-2-3-5;1-4-6(8)7(10-9-4)5-2-3-5;/h2*4,6H,2-3H2,1H3;2*5H,2-3H2,1H3;1H4. The second-order valence-corrected chi connectivity index (χ2v) is 12.9. The zero-order chi connectivity index (χ0) is 30.0. The van der Waals surface area contributed by atoms with Gasteiger partial charge in [-0.15, -0.1) is 0 Å². The minimum Gasteiger partial charge on any atom is -0.361 e. The Morgan fingerprint density at radius 1 is 0.558 bits per heavy atom. The van der Waals surface area contributed by atoms with E-state index in [9.17, 15) is 9.59 Å². The Kier molecular flexibility index (Phi) is 11.0. The van der Waals surface area contributed by atoms with Gasteiger partial charge in [-0.2, -0.15) is 0 Å². The van der Waals surface area contributed by atoms with Crippen LogP contribution in [0.25, 0.3) is 0 Å². The second-order valence-electron chi connectivity index (χ2n) is 11.3. The van der Waals surface area contributed by atoms with Gasteiger partial charge in [-0.25, -0.2) is 0 Å². The Labute approximate surface area is 267 Å². The quantitative estimate of drug-likeness (QED) is 0.177. The average molecular weight is 722 g/mol. The third-order valence-corrected chi connectivity index (χ3v) is 9.49. The van der Waals surface area contributed by atoms with Gasteiger partial charge >= 0.3 is 0 Å². The van der Waals surface area contributed by atoms with Crippen molar-refractivity contribution in [1.82, 2.24) is 20.6 Å². The van der Waals surface area contributed by atoms with Gasteiger partial charge in [-0.1, -0.05) is 28.1 Å². The zero-order valence-corrected chi connectivity index (χ0v) is 27.3. The number of halogens is 2. The van der Waals surface area contributed by atoms with Crippen LogP contribution >= 0.6 is 31.9 Å². The molecule has 4 aromatic heterocycles. The normalized spacial score (nSPS) is 16.9. The first-order valence-electron chi connectivity index (χ1n) is 14.3. The molecule has 0 saturated heterocycles. The number of hydrogen-bond donors (Lipinski definition) is 0. The molecule has 4 heterocycles. The predicted molar refractivity (Wildman–Crippen MR) is 166 cm³/mol. The molecule has 4 saturated carbocycles. The highest BCUT2D eigenvalue weighted by Crippen LogP contribution is 2.45. The Morgan fingerprint density at radius 3 is 1.49 bits per heavy atom. The van der Waals surface area contributed by atoms with Crippen LogP contribution in [0.4, 0.5) is 0 Å². The van der Waals surface area contributed by atoms with Crippen LogP contribution in [0.1, 0.15) is 149 Å². The van der Waals surface area contributed by atoms with Gasteiger partial charge in [0.05, 0.1) is 37.2 Å². The van der Waals surface area contributed by atoms with Crippen molar-refractivity contribution < 1.29 is 27.7 Å². The second kappa shape index (κ2) is 14.3. The molecule has 4 aliphatic carbocycles. The lowest BCUT2D eigenvalue weighted by atomic mass is 10.1. The molecule has 0 N–H and O–H groups in total. The Bertz CT molecular complexity index is 1420. The van der Waals surface area contributed by atoms with Crippen LogP contribution in [-0.4, -0.2) is 33.2 Å². The third kappa shape index (κ3) is 8.20. The van der Waals surface area contributed by atoms with Crippen LogP contribution in [0.5, 0.6) is 0 Å². The molecule has 0 atom stereocenters. The van der Waals surface area contributed by atoms with Gasteiger partial charge in [0.2, 0.25) is 0 Å². The van der Waals surface area contributed by atoms with Crippen molar-refractivity contribution in [3.8, 4) is 0 Å². The number of rotatable bonds is 6. The van der Waals surface area contributed by atoms with E-state index in [0.29, 0.717) is 46.3 Å². The Morgan fingerprint density at radius 2 is 1.02 bits per heavy atom. The van der Waals surface area contributed by atoms with Crippen LogP contribution in [0.2, 0.25) is 0 Å². The summed E-state index contributed by atoms with van der Waals surface area (Å²) >= 11 is 6.87. The maximum atomic E-state index is 10.5. The molecular weight excluding hydrogens is 684 g/mol. The van der Waals surface area contributed by atoms with E-state index in [1.165, 1.54) is 25.7 Å². The fraction of sp³-hybridized carbons (Fsp3) is 0.548. The summed E-state index contributed by atoms with van der Waals surface area (Å²) in [4.78, 5) is 21.1. The summed E-state index contributed by atoms with van der Waals surface area (Å²) < 4.78 is 22.2. The highest BCUT2D eigenvalue weighted by Gasteiger charge is 2.32. The molecule has 4 fully saturated rings. The molecule has 0 bridgehead atoms. The Balaban J connectivity index is 0.000000130. The van der Waals surface area contributed by atoms with Crippen LogP contribution < -0.4 is 0 Å². The summed E-state index contributed by atoms with van der Waals surface area (Å²) in [5, 5.41) is 15.4. The van der Waals surface area contributed by atoms with Crippen LogP contribution in [-0.2, 0) is 0 Å². The molecule has 0 unspecified atom stereocenters. The molecule has 4 aromatic rings. The summed E-state index contributed by atoms with van der Waals surface area (Å²) in [6, 6.07) is 0. The van der Waals surface area contributed by atoms with E-state index in [1.807, 2.05) is 13.8 Å². The van der Waals surface area contributed by atoms with E-state index in [2.05, 4.69) is 52.5 Å². The van der Waals surface area contributed by atoms with Crippen molar-refractivity contribution in [3.63, 3.8) is 0 Å². The fourth-order valence-corrected chi connectivity index (χ4v) is 5.27. The lowest BCUT2D eigenvalue weighted by Crippen LogP contribution is -1.87. The molecule has 12 heteroatoms. The smallest absolute Gasteiger partial charge is 0.155 e. The number of nitrogens with zero attached hydrogens (tertiary/aromatic N) is 4. The van der Waals surface area contributed by atoms with Crippen molar-refractivity contribution in [1.29, 1.82) is 0 Å². The van der Waals surface area contributed by atoms with Gasteiger partial charge in [0.15, 0.2) is 24.1 Å². The third-order valence-electron chi connectivity index (χ3n) is 7.56. The van der Waals surface area contributed by atoms with Crippen molar-refractivity contribution >= 4 is 44.4 Å². The first-order valence-corrected chi connectivity index (χ1v) is 15.9. The molecule has 4 aliphatic rings. The highest BCUT2D eigenvalue weighted by molar-refractivity contribution is 9.10. The van der Waals surface area contributed by atoms with E-state index >= 15 is 0 Å². The minimum atomic E-state index is 0. The maximum Gasteiger partial charge on any atom is 0.155 e. The molecule has 43 heavy (non-hydrogen) atoms. The number of carbonyl (C=O) groups is 2.